The molecule has 0 fully saturated rings. The van der Waals surface area contributed by atoms with E-state index in [-0.39, 0.29) is 11.6 Å². The Morgan fingerprint density at radius 1 is 1.19 bits per heavy atom. The summed E-state index contributed by atoms with van der Waals surface area (Å²) in [6, 6.07) is 10.1. The SMILES string of the molecule is NC1C(=O)N(c2ccccc2Cl)c2ccc([N+](=O)[O-])cc21. The fourth-order valence-electron chi connectivity index (χ4n) is 2.38. The Morgan fingerprint density at radius 3 is 2.57 bits per heavy atom. The summed E-state index contributed by atoms with van der Waals surface area (Å²) < 4.78 is 0. The van der Waals surface area contributed by atoms with Crippen molar-refractivity contribution >= 4 is 34.6 Å². The van der Waals surface area contributed by atoms with E-state index in [2.05, 4.69) is 0 Å². The van der Waals surface area contributed by atoms with Crippen LogP contribution >= 0.6 is 11.6 Å². The van der Waals surface area contributed by atoms with Crippen LogP contribution in [0.3, 0.4) is 0 Å². The number of carbonyl (C=O) groups is 1. The number of nitrogens with zero attached hydrogens (tertiary/aromatic N) is 2. The van der Waals surface area contributed by atoms with E-state index in [0.717, 1.165) is 0 Å². The maximum atomic E-state index is 12.4. The highest BCUT2D eigenvalue weighted by molar-refractivity contribution is 6.34. The molecule has 1 aliphatic rings. The van der Waals surface area contributed by atoms with Crippen LogP contribution in [0, 0.1) is 10.1 Å². The van der Waals surface area contributed by atoms with Gasteiger partial charge in [0.15, 0.2) is 0 Å². The smallest absolute Gasteiger partial charge is 0.269 e. The standard InChI is InChI=1S/C14H10ClN3O3/c15-10-3-1-2-4-12(10)17-11-6-5-8(18(20)21)7-9(11)13(16)14(17)19/h1-7,13H,16H2. The Morgan fingerprint density at radius 2 is 1.90 bits per heavy atom. The zero-order chi connectivity index (χ0) is 15.1. The van der Waals surface area contributed by atoms with Crippen LogP contribution in [-0.4, -0.2) is 10.8 Å². The molecular formula is C14H10ClN3O3. The van der Waals surface area contributed by atoms with Crippen molar-refractivity contribution in [3.63, 3.8) is 0 Å². The van der Waals surface area contributed by atoms with E-state index in [9.17, 15) is 14.9 Å². The van der Waals surface area contributed by atoms with Gasteiger partial charge in [-0.2, -0.15) is 0 Å². The number of non-ortho nitro benzene ring substituents is 1. The van der Waals surface area contributed by atoms with Gasteiger partial charge in [0.05, 0.1) is 21.3 Å². The van der Waals surface area contributed by atoms with E-state index in [1.165, 1.54) is 23.1 Å². The second kappa shape index (κ2) is 4.83. The molecule has 1 unspecified atom stereocenters. The van der Waals surface area contributed by atoms with E-state index in [0.29, 0.717) is 22.0 Å². The number of fused-ring (bicyclic) bond motifs is 1. The molecule has 1 amide bonds. The first-order valence-corrected chi connectivity index (χ1v) is 6.51. The van der Waals surface area contributed by atoms with Crippen LogP contribution in [0.25, 0.3) is 0 Å². The highest BCUT2D eigenvalue weighted by atomic mass is 35.5. The van der Waals surface area contributed by atoms with E-state index < -0.39 is 11.0 Å². The third kappa shape index (κ3) is 2.05. The van der Waals surface area contributed by atoms with Gasteiger partial charge in [-0.1, -0.05) is 23.7 Å². The Labute approximate surface area is 124 Å². The van der Waals surface area contributed by atoms with Crippen molar-refractivity contribution in [2.75, 3.05) is 4.90 Å². The van der Waals surface area contributed by atoms with Crippen molar-refractivity contribution < 1.29 is 9.72 Å². The molecule has 3 rings (SSSR count). The monoisotopic (exact) mass is 303 g/mol. The molecular weight excluding hydrogens is 294 g/mol. The number of para-hydroxylation sites is 1. The number of anilines is 2. The Hall–Kier alpha value is -2.44. The number of amides is 1. The van der Waals surface area contributed by atoms with Crippen LogP contribution in [0.2, 0.25) is 5.02 Å². The maximum Gasteiger partial charge on any atom is 0.269 e. The zero-order valence-electron chi connectivity index (χ0n) is 10.7. The van der Waals surface area contributed by atoms with E-state index >= 15 is 0 Å². The number of rotatable bonds is 2. The maximum absolute atomic E-state index is 12.4. The molecule has 0 spiro atoms. The number of hydrogen-bond donors (Lipinski definition) is 1. The summed E-state index contributed by atoms with van der Waals surface area (Å²) in [7, 11) is 0. The molecule has 1 atom stereocenters. The number of halogens is 1. The van der Waals surface area contributed by atoms with Crippen LogP contribution in [0.15, 0.2) is 42.5 Å². The molecule has 0 bridgehead atoms. The summed E-state index contributed by atoms with van der Waals surface area (Å²) in [6.45, 7) is 0. The minimum absolute atomic E-state index is 0.0991. The fourth-order valence-corrected chi connectivity index (χ4v) is 2.60. The van der Waals surface area contributed by atoms with Gasteiger partial charge in [-0.25, -0.2) is 0 Å². The van der Waals surface area contributed by atoms with Gasteiger partial charge in [-0.15, -0.1) is 0 Å². The first kappa shape index (κ1) is 13.5. The van der Waals surface area contributed by atoms with Crippen LogP contribution in [0.4, 0.5) is 17.1 Å². The first-order chi connectivity index (χ1) is 10.0. The van der Waals surface area contributed by atoms with Gasteiger partial charge in [0.2, 0.25) is 0 Å². The van der Waals surface area contributed by atoms with Gasteiger partial charge in [0, 0.05) is 17.7 Å². The lowest BCUT2D eigenvalue weighted by molar-refractivity contribution is -0.384. The number of nitro benzene ring substituents is 1. The normalized spacial score (nSPS) is 17.0. The first-order valence-electron chi connectivity index (χ1n) is 6.13. The molecule has 106 valence electrons. The molecule has 0 saturated carbocycles. The summed E-state index contributed by atoms with van der Waals surface area (Å²) in [5.41, 5.74) is 7.23. The van der Waals surface area contributed by atoms with Gasteiger partial charge < -0.3 is 5.73 Å². The number of nitrogens with two attached hydrogens (primary N) is 1. The second-order valence-corrected chi connectivity index (χ2v) is 5.01. The molecule has 2 aromatic rings. The molecule has 0 saturated heterocycles. The Kier molecular flexibility index (Phi) is 3.12. The molecule has 21 heavy (non-hydrogen) atoms. The zero-order valence-corrected chi connectivity index (χ0v) is 11.4. The van der Waals surface area contributed by atoms with Gasteiger partial charge in [0.25, 0.3) is 11.6 Å². The lowest BCUT2D eigenvalue weighted by Crippen LogP contribution is -2.27. The molecule has 1 heterocycles. The summed E-state index contributed by atoms with van der Waals surface area (Å²) in [6.07, 6.45) is 0. The van der Waals surface area contributed by atoms with Crippen molar-refractivity contribution in [1.82, 2.24) is 0 Å². The van der Waals surface area contributed by atoms with Crippen LogP contribution in [-0.2, 0) is 4.79 Å². The molecule has 1 aliphatic heterocycles. The molecule has 6 nitrogen and oxygen atoms in total. The van der Waals surface area contributed by atoms with Crippen molar-refractivity contribution in [2.45, 2.75) is 6.04 Å². The molecule has 0 aromatic heterocycles. The second-order valence-electron chi connectivity index (χ2n) is 4.60. The van der Waals surface area contributed by atoms with Gasteiger partial charge >= 0.3 is 0 Å². The lowest BCUT2D eigenvalue weighted by atomic mass is 10.1. The van der Waals surface area contributed by atoms with Crippen LogP contribution in [0.1, 0.15) is 11.6 Å². The lowest BCUT2D eigenvalue weighted by Gasteiger charge is -2.18. The van der Waals surface area contributed by atoms with Gasteiger partial charge in [-0.05, 0) is 18.2 Å². The number of benzene rings is 2. The van der Waals surface area contributed by atoms with Gasteiger partial charge in [-0.3, -0.25) is 19.8 Å². The summed E-state index contributed by atoms with van der Waals surface area (Å²) in [5.74, 6) is -0.362. The predicted molar refractivity (Wildman–Crippen MR) is 78.6 cm³/mol. The molecule has 2 aromatic carbocycles. The van der Waals surface area contributed by atoms with Crippen molar-refractivity contribution in [3.05, 3.63) is 63.2 Å². The molecule has 2 N–H and O–H groups in total. The average Bonchev–Trinajstić information content (AvgIpc) is 2.71. The number of nitro groups is 1. The number of carbonyl (C=O) groups excluding carboxylic acids is 1. The highest BCUT2D eigenvalue weighted by Gasteiger charge is 2.37. The van der Waals surface area contributed by atoms with E-state index in [1.807, 2.05) is 0 Å². The fraction of sp³-hybridized carbons (Fsp3) is 0.0714. The van der Waals surface area contributed by atoms with Crippen LogP contribution < -0.4 is 10.6 Å². The van der Waals surface area contributed by atoms with Crippen molar-refractivity contribution in [1.29, 1.82) is 0 Å². The highest BCUT2D eigenvalue weighted by Crippen LogP contribution is 2.43. The largest absolute Gasteiger partial charge is 0.316 e. The van der Waals surface area contributed by atoms with E-state index in [1.54, 1.807) is 24.3 Å². The number of hydrogen-bond acceptors (Lipinski definition) is 4. The third-order valence-electron chi connectivity index (χ3n) is 3.38. The molecule has 0 aliphatic carbocycles. The summed E-state index contributed by atoms with van der Waals surface area (Å²) >= 11 is 6.12. The molecule has 0 radical (unpaired) electrons. The predicted octanol–water partition coefficient (Wildman–Crippen LogP) is 2.93. The topological polar surface area (TPSA) is 89.5 Å². The van der Waals surface area contributed by atoms with Crippen molar-refractivity contribution in [3.8, 4) is 0 Å². The van der Waals surface area contributed by atoms with E-state index in [4.69, 9.17) is 17.3 Å². The average molecular weight is 304 g/mol. The Bertz CT molecular complexity index is 763. The third-order valence-corrected chi connectivity index (χ3v) is 3.70. The summed E-state index contributed by atoms with van der Waals surface area (Å²) in [4.78, 5) is 24.1. The molecule has 7 heteroatoms. The van der Waals surface area contributed by atoms with Crippen LogP contribution in [0.5, 0.6) is 0 Å². The summed E-state index contributed by atoms with van der Waals surface area (Å²) in [5, 5.41) is 11.2. The van der Waals surface area contributed by atoms with Crippen molar-refractivity contribution in [2.24, 2.45) is 5.73 Å². The minimum Gasteiger partial charge on any atom is -0.316 e. The minimum atomic E-state index is -0.934. The Balaban J connectivity index is 2.17. The quantitative estimate of drug-likeness (QED) is 0.682. The van der Waals surface area contributed by atoms with Gasteiger partial charge in [0.1, 0.15) is 6.04 Å².